The van der Waals surface area contributed by atoms with Gasteiger partial charge in [0.05, 0.1) is 11.4 Å². The van der Waals surface area contributed by atoms with Crippen molar-refractivity contribution in [2.24, 2.45) is 5.92 Å². The molecule has 1 aromatic heterocycles. The first-order valence-corrected chi connectivity index (χ1v) is 10.8. The lowest BCUT2D eigenvalue weighted by Crippen LogP contribution is -2.32. The molecule has 0 unspecified atom stereocenters. The molecule has 1 aliphatic rings. The number of hydrogen-bond acceptors (Lipinski definition) is 3. The SMILES string of the molecule is CC(C)Cc1[nH]c(=O)n(-c2ccccc2[C@@H]2CN(C)Cc3c(Cl)cc(Cl)cc32)c1O. The molecule has 4 rings (SSSR count). The van der Waals surface area contributed by atoms with Gasteiger partial charge in [-0.05, 0) is 54.3 Å². The summed E-state index contributed by atoms with van der Waals surface area (Å²) in [4.78, 5) is 17.8. The molecule has 0 radical (unpaired) electrons. The number of aromatic nitrogens is 2. The Morgan fingerprint density at radius 3 is 2.67 bits per heavy atom. The molecule has 2 N–H and O–H groups in total. The summed E-state index contributed by atoms with van der Waals surface area (Å²) in [6.07, 6.45) is 0.594. The zero-order valence-electron chi connectivity index (χ0n) is 17.2. The highest BCUT2D eigenvalue weighted by Crippen LogP contribution is 2.40. The van der Waals surface area contributed by atoms with Crippen LogP contribution in [-0.4, -0.2) is 33.1 Å². The summed E-state index contributed by atoms with van der Waals surface area (Å²) >= 11 is 12.8. The van der Waals surface area contributed by atoms with Crippen LogP contribution in [0.5, 0.6) is 5.88 Å². The molecule has 30 heavy (non-hydrogen) atoms. The number of likely N-dealkylation sites (N-methyl/N-ethyl adjacent to an activating group) is 1. The first-order valence-electron chi connectivity index (χ1n) is 10.0. The molecule has 2 aromatic carbocycles. The van der Waals surface area contributed by atoms with Gasteiger partial charge in [0.2, 0.25) is 5.88 Å². The van der Waals surface area contributed by atoms with Crippen molar-refractivity contribution in [2.75, 3.05) is 13.6 Å². The average molecular weight is 446 g/mol. The van der Waals surface area contributed by atoms with Crippen LogP contribution in [0.2, 0.25) is 10.0 Å². The second kappa shape index (κ2) is 8.14. The molecule has 158 valence electrons. The summed E-state index contributed by atoms with van der Waals surface area (Å²) in [6, 6.07) is 11.4. The third kappa shape index (κ3) is 3.78. The first kappa shape index (κ1) is 21.0. The minimum Gasteiger partial charge on any atom is -0.493 e. The zero-order valence-corrected chi connectivity index (χ0v) is 18.8. The van der Waals surface area contributed by atoms with Crippen molar-refractivity contribution in [2.45, 2.75) is 32.7 Å². The van der Waals surface area contributed by atoms with Crippen LogP contribution in [-0.2, 0) is 13.0 Å². The van der Waals surface area contributed by atoms with E-state index in [4.69, 9.17) is 23.2 Å². The van der Waals surface area contributed by atoms with E-state index in [1.165, 1.54) is 4.57 Å². The van der Waals surface area contributed by atoms with Crippen molar-refractivity contribution in [3.05, 3.63) is 79.3 Å². The minimum absolute atomic E-state index is 0.0327. The van der Waals surface area contributed by atoms with Crippen LogP contribution in [0.4, 0.5) is 0 Å². The number of fused-ring (bicyclic) bond motifs is 1. The molecule has 0 saturated heterocycles. The Morgan fingerprint density at radius 1 is 1.20 bits per heavy atom. The van der Waals surface area contributed by atoms with Gasteiger partial charge in [0.1, 0.15) is 0 Å². The summed E-state index contributed by atoms with van der Waals surface area (Å²) in [5.41, 5.74) is 3.91. The van der Waals surface area contributed by atoms with Crippen molar-refractivity contribution in [3.63, 3.8) is 0 Å². The second-order valence-corrected chi connectivity index (χ2v) is 9.27. The molecule has 0 saturated carbocycles. The number of benzene rings is 2. The lowest BCUT2D eigenvalue weighted by Gasteiger charge is -2.34. The molecular weight excluding hydrogens is 421 g/mol. The molecule has 1 atom stereocenters. The van der Waals surface area contributed by atoms with Crippen LogP contribution in [0.3, 0.4) is 0 Å². The van der Waals surface area contributed by atoms with Gasteiger partial charge in [-0.3, -0.25) is 0 Å². The van der Waals surface area contributed by atoms with Crippen molar-refractivity contribution in [1.29, 1.82) is 0 Å². The normalized spacial score (nSPS) is 16.8. The number of H-pyrrole nitrogens is 1. The number of nitrogens with one attached hydrogen (secondary N) is 1. The van der Waals surface area contributed by atoms with Crippen molar-refractivity contribution in [3.8, 4) is 11.6 Å². The molecule has 5 nitrogen and oxygen atoms in total. The zero-order chi connectivity index (χ0) is 21.6. The number of halogens is 2. The number of para-hydroxylation sites is 1. The fraction of sp³-hybridized carbons (Fsp3) is 0.348. The van der Waals surface area contributed by atoms with Crippen LogP contribution in [0.25, 0.3) is 5.69 Å². The lowest BCUT2D eigenvalue weighted by molar-refractivity contribution is 0.295. The summed E-state index contributed by atoms with van der Waals surface area (Å²) in [7, 11) is 2.05. The third-order valence-corrected chi connectivity index (χ3v) is 6.16. The van der Waals surface area contributed by atoms with Crippen molar-refractivity contribution >= 4 is 23.2 Å². The molecular formula is C23H25Cl2N3O2. The minimum atomic E-state index is -0.343. The van der Waals surface area contributed by atoms with Crippen molar-refractivity contribution < 1.29 is 5.11 Å². The maximum atomic E-state index is 12.8. The monoisotopic (exact) mass is 445 g/mol. The highest BCUT2D eigenvalue weighted by Gasteiger charge is 2.30. The van der Waals surface area contributed by atoms with Gasteiger partial charge in [-0.2, -0.15) is 0 Å². The highest BCUT2D eigenvalue weighted by molar-refractivity contribution is 6.35. The molecule has 1 aliphatic heterocycles. The molecule has 0 amide bonds. The van der Waals surface area contributed by atoms with Gasteiger partial charge in [-0.15, -0.1) is 0 Å². The van der Waals surface area contributed by atoms with Crippen LogP contribution >= 0.6 is 23.2 Å². The largest absolute Gasteiger partial charge is 0.493 e. The van der Waals surface area contributed by atoms with E-state index < -0.39 is 0 Å². The number of nitrogens with zero attached hydrogens (tertiary/aromatic N) is 2. The standard InChI is InChI=1S/C23H25Cl2N3O2/c1-13(2)8-20-22(29)28(23(30)26-20)21-7-5-4-6-15(21)17-11-27(3)12-18-16(17)9-14(24)10-19(18)25/h4-7,9-10,13,17,29H,8,11-12H2,1-3H3,(H,26,30)/t17-/m0/s1. The molecule has 7 heteroatoms. The Kier molecular flexibility index (Phi) is 5.71. The van der Waals surface area contributed by atoms with Gasteiger partial charge < -0.3 is 15.0 Å². The smallest absolute Gasteiger partial charge is 0.333 e. The van der Waals surface area contributed by atoms with Crippen LogP contribution in [0, 0.1) is 5.92 Å². The maximum absolute atomic E-state index is 12.8. The Hall–Kier alpha value is -2.21. The van der Waals surface area contributed by atoms with E-state index in [1.54, 1.807) is 6.07 Å². The van der Waals surface area contributed by atoms with E-state index in [-0.39, 0.29) is 17.5 Å². The molecule has 0 fully saturated rings. The van der Waals surface area contributed by atoms with Crippen LogP contribution < -0.4 is 5.69 Å². The van der Waals surface area contributed by atoms with Gasteiger partial charge in [0.25, 0.3) is 0 Å². The number of aromatic hydroxyl groups is 1. The summed E-state index contributed by atoms with van der Waals surface area (Å²) in [5, 5.41) is 12.1. The molecule has 2 heterocycles. The number of imidazole rings is 1. The van der Waals surface area contributed by atoms with Crippen molar-refractivity contribution in [1.82, 2.24) is 14.5 Å². The van der Waals surface area contributed by atoms with Gasteiger partial charge in [0.15, 0.2) is 0 Å². The molecule has 0 bridgehead atoms. The molecule has 0 spiro atoms. The Bertz CT molecular complexity index is 1150. The van der Waals surface area contributed by atoms with Crippen LogP contribution in [0.15, 0.2) is 41.2 Å². The number of aromatic amines is 1. The van der Waals surface area contributed by atoms with E-state index in [2.05, 4.69) is 9.88 Å². The van der Waals surface area contributed by atoms with E-state index in [0.717, 1.165) is 29.8 Å². The fourth-order valence-electron chi connectivity index (χ4n) is 4.34. The third-order valence-electron chi connectivity index (χ3n) is 5.60. The maximum Gasteiger partial charge on any atom is 0.333 e. The Balaban J connectivity index is 1.90. The Morgan fingerprint density at radius 2 is 1.93 bits per heavy atom. The number of rotatable bonds is 4. The van der Waals surface area contributed by atoms with Crippen LogP contribution in [0.1, 0.15) is 42.1 Å². The first-order chi connectivity index (χ1) is 14.3. The van der Waals surface area contributed by atoms with Gasteiger partial charge in [-0.25, -0.2) is 9.36 Å². The lowest BCUT2D eigenvalue weighted by atomic mass is 9.84. The van der Waals surface area contributed by atoms with E-state index in [1.807, 2.05) is 51.2 Å². The van der Waals surface area contributed by atoms with E-state index in [9.17, 15) is 9.90 Å². The predicted molar refractivity (Wildman–Crippen MR) is 121 cm³/mol. The topological polar surface area (TPSA) is 61.3 Å². The average Bonchev–Trinajstić information content (AvgIpc) is 2.94. The fourth-order valence-corrected chi connectivity index (χ4v) is 4.91. The van der Waals surface area contributed by atoms with Gasteiger partial charge >= 0.3 is 5.69 Å². The van der Waals surface area contributed by atoms with Gasteiger partial charge in [-0.1, -0.05) is 55.2 Å². The summed E-state index contributed by atoms with van der Waals surface area (Å²) < 4.78 is 1.37. The van der Waals surface area contributed by atoms with E-state index in [0.29, 0.717) is 33.8 Å². The molecule has 0 aliphatic carbocycles. The predicted octanol–water partition coefficient (Wildman–Crippen LogP) is 4.95. The molecule has 3 aromatic rings. The quantitative estimate of drug-likeness (QED) is 0.596. The van der Waals surface area contributed by atoms with Gasteiger partial charge in [0, 0.05) is 29.1 Å². The second-order valence-electron chi connectivity index (χ2n) is 8.43. The Labute approximate surface area is 185 Å². The highest BCUT2D eigenvalue weighted by atomic mass is 35.5. The summed E-state index contributed by atoms with van der Waals surface area (Å²) in [5.74, 6) is 0.233. The van der Waals surface area contributed by atoms with E-state index >= 15 is 0 Å². The summed E-state index contributed by atoms with van der Waals surface area (Å²) in [6.45, 7) is 5.58. The number of hydrogen-bond donors (Lipinski definition) is 2.